The third-order valence-corrected chi connectivity index (χ3v) is 1.87. The first-order valence-corrected chi connectivity index (χ1v) is 4.46. The molecule has 1 aromatic carbocycles. The van der Waals surface area contributed by atoms with Crippen LogP contribution < -0.4 is 4.74 Å². The number of carboxylic acids is 1. The number of hydrogen-bond donors (Lipinski definition) is 1. The summed E-state index contributed by atoms with van der Waals surface area (Å²) in [5.74, 6) is -17.2. The van der Waals surface area contributed by atoms with E-state index in [9.17, 15) is 27.2 Å². The molecule has 0 saturated carbocycles. The van der Waals surface area contributed by atoms with Crippen molar-refractivity contribution in [3.8, 4) is 5.75 Å². The summed E-state index contributed by atoms with van der Waals surface area (Å²) >= 11 is 0. The third-order valence-electron chi connectivity index (χ3n) is 1.87. The van der Waals surface area contributed by atoms with Crippen molar-refractivity contribution < 1.29 is 37.0 Å². The van der Waals surface area contributed by atoms with Crippen molar-refractivity contribution in [3.05, 3.63) is 30.3 Å². The lowest BCUT2D eigenvalue weighted by molar-refractivity contribution is -0.229. The molecular weight excluding hydrogens is 260 g/mol. The summed E-state index contributed by atoms with van der Waals surface area (Å²) in [5, 5.41) is 7.95. The number of para-hydroxylation sites is 1. The molecule has 0 bridgehead atoms. The molecule has 0 amide bonds. The van der Waals surface area contributed by atoms with E-state index >= 15 is 0 Å². The number of alkyl halides is 4. The van der Waals surface area contributed by atoms with Crippen LogP contribution in [-0.4, -0.2) is 28.9 Å². The molecular formula is C10H6F4O4. The summed E-state index contributed by atoms with van der Waals surface area (Å²) in [4.78, 5) is 20.9. The van der Waals surface area contributed by atoms with Gasteiger partial charge >= 0.3 is 23.8 Å². The third kappa shape index (κ3) is 2.41. The topological polar surface area (TPSA) is 63.6 Å². The zero-order chi connectivity index (χ0) is 14.0. The first kappa shape index (κ1) is 13.9. The number of carbonyl (C=O) groups excluding carboxylic acids is 1. The van der Waals surface area contributed by atoms with Gasteiger partial charge in [-0.05, 0) is 12.1 Å². The number of halogens is 4. The van der Waals surface area contributed by atoms with Gasteiger partial charge < -0.3 is 9.84 Å². The van der Waals surface area contributed by atoms with Gasteiger partial charge in [-0.3, -0.25) is 0 Å². The molecule has 0 aliphatic carbocycles. The monoisotopic (exact) mass is 266 g/mol. The predicted octanol–water partition coefficient (Wildman–Crippen LogP) is 1.95. The summed E-state index contributed by atoms with van der Waals surface area (Å²) in [6, 6.07) is 6.26. The van der Waals surface area contributed by atoms with E-state index in [1.54, 1.807) is 0 Å². The molecule has 1 N–H and O–H groups in total. The molecule has 0 saturated heterocycles. The summed E-state index contributed by atoms with van der Waals surface area (Å²) in [6.45, 7) is 0. The molecule has 8 heteroatoms. The summed E-state index contributed by atoms with van der Waals surface area (Å²) < 4.78 is 55.1. The lowest BCUT2D eigenvalue weighted by Crippen LogP contribution is -2.53. The van der Waals surface area contributed by atoms with Crippen LogP contribution in [0, 0.1) is 0 Å². The predicted molar refractivity (Wildman–Crippen MR) is 49.6 cm³/mol. The second-order valence-corrected chi connectivity index (χ2v) is 3.16. The fraction of sp³-hybridized carbons (Fsp3) is 0.200. The van der Waals surface area contributed by atoms with E-state index in [2.05, 4.69) is 4.74 Å². The summed E-state index contributed by atoms with van der Waals surface area (Å²) in [6.07, 6.45) is 0. The minimum atomic E-state index is -5.54. The average molecular weight is 266 g/mol. The van der Waals surface area contributed by atoms with Gasteiger partial charge in [-0.2, -0.15) is 17.6 Å². The normalized spacial score (nSPS) is 12.0. The van der Waals surface area contributed by atoms with Crippen LogP contribution in [0.5, 0.6) is 5.75 Å². The van der Waals surface area contributed by atoms with Crippen LogP contribution in [0.15, 0.2) is 30.3 Å². The largest absolute Gasteiger partial charge is 0.477 e. The quantitative estimate of drug-likeness (QED) is 0.514. The number of rotatable bonds is 4. The highest BCUT2D eigenvalue weighted by Crippen LogP contribution is 2.35. The highest BCUT2D eigenvalue weighted by molar-refractivity contribution is 5.90. The van der Waals surface area contributed by atoms with Crippen molar-refractivity contribution in [3.63, 3.8) is 0 Å². The molecule has 0 heterocycles. The molecule has 0 aromatic heterocycles. The van der Waals surface area contributed by atoms with Crippen molar-refractivity contribution in [2.45, 2.75) is 11.8 Å². The summed E-state index contributed by atoms with van der Waals surface area (Å²) in [7, 11) is 0. The first-order valence-electron chi connectivity index (χ1n) is 4.46. The second kappa shape index (κ2) is 4.63. The Balaban J connectivity index is 2.93. The second-order valence-electron chi connectivity index (χ2n) is 3.16. The Morgan fingerprint density at radius 1 is 1.00 bits per heavy atom. The Bertz CT molecular complexity index is 458. The first-order chi connectivity index (χ1) is 8.19. The SMILES string of the molecule is O=C(O)C(F)(F)C(F)(F)C(=O)Oc1ccccc1. The highest BCUT2D eigenvalue weighted by Gasteiger charge is 2.68. The van der Waals surface area contributed by atoms with Crippen molar-refractivity contribution in [2.75, 3.05) is 0 Å². The van der Waals surface area contributed by atoms with Crippen molar-refractivity contribution in [2.24, 2.45) is 0 Å². The van der Waals surface area contributed by atoms with E-state index in [0.717, 1.165) is 12.1 Å². The van der Waals surface area contributed by atoms with Crippen LogP contribution in [-0.2, 0) is 9.59 Å². The van der Waals surface area contributed by atoms with Gasteiger partial charge in [-0.25, -0.2) is 9.59 Å². The number of carboxylic acid groups (broad SMARTS) is 1. The minimum absolute atomic E-state index is 0.400. The van der Waals surface area contributed by atoms with E-state index in [0.29, 0.717) is 0 Å². The van der Waals surface area contributed by atoms with Gasteiger partial charge in [0.25, 0.3) is 0 Å². The smallest absolute Gasteiger partial charge is 0.416 e. The van der Waals surface area contributed by atoms with Gasteiger partial charge in [0.05, 0.1) is 0 Å². The molecule has 1 aromatic rings. The van der Waals surface area contributed by atoms with Gasteiger partial charge in [0.15, 0.2) is 0 Å². The molecule has 0 atom stereocenters. The van der Waals surface area contributed by atoms with Crippen molar-refractivity contribution in [1.82, 2.24) is 0 Å². The number of aliphatic carboxylic acids is 1. The number of carbonyl (C=O) groups is 2. The molecule has 1 rings (SSSR count). The van der Waals surface area contributed by atoms with E-state index in [-0.39, 0.29) is 0 Å². The van der Waals surface area contributed by atoms with Crippen LogP contribution >= 0.6 is 0 Å². The number of ether oxygens (including phenoxy) is 1. The van der Waals surface area contributed by atoms with Crippen LogP contribution in [0.25, 0.3) is 0 Å². The zero-order valence-electron chi connectivity index (χ0n) is 8.57. The van der Waals surface area contributed by atoms with E-state index in [4.69, 9.17) is 5.11 Å². The Kier molecular flexibility index (Phi) is 3.59. The van der Waals surface area contributed by atoms with Crippen LogP contribution in [0.1, 0.15) is 0 Å². The van der Waals surface area contributed by atoms with E-state index in [1.807, 2.05) is 0 Å². The van der Waals surface area contributed by atoms with Gasteiger partial charge in [-0.15, -0.1) is 0 Å². The minimum Gasteiger partial charge on any atom is -0.477 e. The molecule has 0 fully saturated rings. The molecule has 98 valence electrons. The van der Waals surface area contributed by atoms with E-state index < -0.39 is 29.5 Å². The van der Waals surface area contributed by atoms with Crippen LogP contribution in [0.4, 0.5) is 17.6 Å². The molecule has 0 aliphatic rings. The maximum absolute atomic E-state index is 12.9. The highest BCUT2D eigenvalue weighted by atomic mass is 19.3. The Morgan fingerprint density at radius 3 is 1.94 bits per heavy atom. The van der Waals surface area contributed by atoms with Crippen LogP contribution in [0.2, 0.25) is 0 Å². The van der Waals surface area contributed by atoms with Crippen LogP contribution in [0.3, 0.4) is 0 Å². The molecule has 18 heavy (non-hydrogen) atoms. The van der Waals surface area contributed by atoms with Gasteiger partial charge in [0, 0.05) is 0 Å². The fourth-order valence-electron chi connectivity index (χ4n) is 0.922. The number of benzene rings is 1. The molecule has 0 spiro atoms. The maximum Gasteiger partial charge on any atom is 0.416 e. The molecule has 0 aliphatic heterocycles. The Morgan fingerprint density at radius 2 is 1.50 bits per heavy atom. The number of hydrogen-bond acceptors (Lipinski definition) is 3. The van der Waals surface area contributed by atoms with E-state index in [1.165, 1.54) is 18.2 Å². The van der Waals surface area contributed by atoms with Crippen molar-refractivity contribution >= 4 is 11.9 Å². The molecule has 0 unspecified atom stereocenters. The lowest BCUT2D eigenvalue weighted by atomic mass is 10.2. The number of esters is 1. The van der Waals surface area contributed by atoms with Gasteiger partial charge in [0.1, 0.15) is 5.75 Å². The molecule has 0 radical (unpaired) electrons. The van der Waals surface area contributed by atoms with Gasteiger partial charge in [0.2, 0.25) is 0 Å². The summed E-state index contributed by atoms with van der Waals surface area (Å²) in [5.41, 5.74) is 0. The fourth-order valence-corrected chi connectivity index (χ4v) is 0.922. The molecule has 4 nitrogen and oxygen atoms in total. The Labute approximate surface area is 97.8 Å². The lowest BCUT2D eigenvalue weighted by Gasteiger charge is -2.20. The van der Waals surface area contributed by atoms with Crippen molar-refractivity contribution in [1.29, 1.82) is 0 Å². The zero-order valence-corrected chi connectivity index (χ0v) is 8.57. The average Bonchev–Trinajstić information content (AvgIpc) is 2.29. The van der Waals surface area contributed by atoms with Gasteiger partial charge in [-0.1, -0.05) is 18.2 Å². The standard InChI is InChI=1S/C10H6F4O4/c11-9(12,7(15)16)10(13,14)8(17)18-6-4-2-1-3-5-6/h1-5H,(H,15,16). The Hall–Kier alpha value is -2.12. The maximum atomic E-state index is 12.9.